The molecule has 0 saturated carbocycles. The molecule has 1 aromatic carbocycles. The third-order valence-electron chi connectivity index (χ3n) is 2.81. The van der Waals surface area contributed by atoms with Crippen LogP contribution in [-0.2, 0) is 17.9 Å². The molecular formula is C16H20N2O2. The fraction of sp³-hybridized carbons (Fsp3) is 0.312. The maximum absolute atomic E-state index is 5.70. The second-order valence-electron chi connectivity index (χ2n) is 4.47. The van der Waals surface area contributed by atoms with Crippen LogP contribution < -0.4 is 10.1 Å². The lowest BCUT2D eigenvalue weighted by Gasteiger charge is -2.09. The molecule has 0 aliphatic heterocycles. The summed E-state index contributed by atoms with van der Waals surface area (Å²) >= 11 is 0. The lowest BCUT2D eigenvalue weighted by molar-refractivity contribution is 0.184. The average Bonchev–Trinajstić information content (AvgIpc) is 2.49. The number of methoxy groups -OCH3 is 1. The number of pyridine rings is 1. The van der Waals surface area contributed by atoms with E-state index in [9.17, 15) is 0 Å². The van der Waals surface area contributed by atoms with Crippen LogP contribution in [0.5, 0.6) is 5.75 Å². The topological polar surface area (TPSA) is 43.4 Å². The summed E-state index contributed by atoms with van der Waals surface area (Å²) in [5, 5.41) is 3.32. The second-order valence-corrected chi connectivity index (χ2v) is 4.47. The Labute approximate surface area is 119 Å². The zero-order valence-electron chi connectivity index (χ0n) is 11.7. The van der Waals surface area contributed by atoms with E-state index in [1.54, 1.807) is 13.3 Å². The van der Waals surface area contributed by atoms with Crippen molar-refractivity contribution >= 4 is 0 Å². The summed E-state index contributed by atoms with van der Waals surface area (Å²) in [5.41, 5.74) is 2.29. The van der Waals surface area contributed by atoms with Crippen molar-refractivity contribution in [1.82, 2.24) is 10.3 Å². The number of nitrogens with zero attached hydrogens (tertiary/aromatic N) is 1. The number of ether oxygens (including phenoxy) is 2. The van der Waals surface area contributed by atoms with E-state index in [2.05, 4.69) is 16.4 Å². The van der Waals surface area contributed by atoms with E-state index in [4.69, 9.17) is 9.47 Å². The Morgan fingerprint density at radius 1 is 1.15 bits per heavy atom. The van der Waals surface area contributed by atoms with Gasteiger partial charge in [-0.25, -0.2) is 0 Å². The number of nitrogens with one attached hydrogen (secondary N) is 1. The van der Waals surface area contributed by atoms with Crippen molar-refractivity contribution in [2.24, 2.45) is 0 Å². The van der Waals surface area contributed by atoms with Gasteiger partial charge in [-0.05, 0) is 29.3 Å². The molecule has 4 nitrogen and oxygen atoms in total. The van der Waals surface area contributed by atoms with E-state index in [-0.39, 0.29) is 0 Å². The van der Waals surface area contributed by atoms with E-state index >= 15 is 0 Å². The van der Waals surface area contributed by atoms with Gasteiger partial charge in [-0.3, -0.25) is 4.98 Å². The molecule has 0 saturated heterocycles. The Morgan fingerprint density at radius 2 is 2.05 bits per heavy atom. The van der Waals surface area contributed by atoms with Gasteiger partial charge in [0.25, 0.3) is 0 Å². The molecule has 2 aromatic rings. The lowest BCUT2D eigenvalue weighted by Crippen LogP contribution is -2.20. The average molecular weight is 272 g/mol. The fourth-order valence-corrected chi connectivity index (χ4v) is 1.87. The molecule has 0 unspecified atom stereocenters. The molecule has 0 spiro atoms. The molecule has 2 rings (SSSR count). The second kappa shape index (κ2) is 8.30. The normalized spacial score (nSPS) is 10.4. The third-order valence-corrected chi connectivity index (χ3v) is 2.81. The first-order valence-electron chi connectivity index (χ1n) is 6.69. The van der Waals surface area contributed by atoms with E-state index in [0.717, 1.165) is 24.4 Å². The SMILES string of the molecule is COCc1cccc(OCCNCc2cccnc2)c1. The zero-order valence-corrected chi connectivity index (χ0v) is 11.7. The summed E-state index contributed by atoms with van der Waals surface area (Å²) in [4.78, 5) is 4.08. The van der Waals surface area contributed by atoms with Crippen LogP contribution in [0.25, 0.3) is 0 Å². The Kier molecular flexibility index (Phi) is 6.02. The Hall–Kier alpha value is -1.91. The van der Waals surface area contributed by atoms with Crippen molar-refractivity contribution < 1.29 is 9.47 Å². The molecule has 0 aliphatic carbocycles. The third kappa shape index (κ3) is 4.99. The van der Waals surface area contributed by atoms with Crippen molar-refractivity contribution in [3.63, 3.8) is 0 Å². The number of aromatic nitrogens is 1. The molecule has 1 aromatic heterocycles. The largest absolute Gasteiger partial charge is 0.492 e. The van der Waals surface area contributed by atoms with Gasteiger partial charge in [-0.1, -0.05) is 18.2 Å². The Bertz CT molecular complexity index is 503. The smallest absolute Gasteiger partial charge is 0.119 e. The van der Waals surface area contributed by atoms with Crippen LogP contribution in [0.3, 0.4) is 0 Å². The van der Waals surface area contributed by atoms with Crippen LogP contribution >= 0.6 is 0 Å². The monoisotopic (exact) mass is 272 g/mol. The maximum Gasteiger partial charge on any atom is 0.119 e. The summed E-state index contributed by atoms with van der Waals surface area (Å²) in [7, 11) is 1.69. The number of benzene rings is 1. The van der Waals surface area contributed by atoms with Crippen LogP contribution in [0.2, 0.25) is 0 Å². The molecule has 0 fully saturated rings. The van der Waals surface area contributed by atoms with Gasteiger partial charge >= 0.3 is 0 Å². The first-order chi connectivity index (χ1) is 9.88. The molecule has 0 aliphatic rings. The summed E-state index contributed by atoms with van der Waals surface area (Å²) in [6.45, 7) is 2.84. The molecule has 1 N–H and O–H groups in total. The van der Waals surface area contributed by atoms with Crippen LogP contribution in [0.4, 0.5) is 0 Å². The maximum atomic E-state index is 5.70. The number of hydrogen-bond donors (Lipinski definition) is 1. The molecule has 0 bridgehead atoms. The molecule has 4 heteroatoms. The van der Waals surface area contributed by atoms with Gasteiger partial charge in [0.15, 0.2) is 0 Å². The highest BCUT2D eigenvalue weighted by Gasteiger charge is 1.97. The van der Waals surface area contributed by atoms with E-state index in [1.807, 2.05) is 36.5 Å². The minimum absolute atomic E-state index is 0.608. The van der Waals surface area contributed by atoms with Crippen molar-refractivity contribution in [3.8, 4) is 5.75 Å². The summed E-state index contributed by atoms with van der Waals surface area (Å²) in [6.07, 6.45) is 3.64. The Morgan fingerprint density at radius 3 is 2.85 bits per heavy atom. The number of hydrogen-bond acceptors (Lipinski definition) is 4. The highest BCUT2D eigenvalue weighted by Crippen LogP contribution is 2.13. The molecule has 0 amide bonds. The molecule has 20 heavy (non-hydrogen) atoms. The predicted octanol–water partition coefficient (Wildman–Crippen LogP) is 2.40. The van der Waals surface area contributed by atoms with Crippen LogP contribution in [0, 0.1) is 0 Å². The Balaban J connectivity index is 1.67. The van der Waals surface area contributed by atoms with Gasteiger partial charge < -0.3 is 14.8 Å². The molecule has 0 atom stereocenters. The summed E-state index contributed by atoms with van der Waals surface area (Å²) in [5.74, 6) is 0.878. The first-order valence-corrected chi connectivity index (χ1v) is 6.69. The quantitative estimate of drug-likeness (QED) is 0.749. The van der Waals surface area contributed by atoms with Crippen LogP contribution in [0.15, 0.2) is 48.8 Å². The minimum atomic E-state index is 0.608. The molecule has 106 valence electrons. The van der Waals surface area contributed by atoms with E-state index in [0.29, 0.717) is 13.2 Å². The number of rotatable bonds is 8. The van der Waals surface area contributed by atoms with E-state index in [1.165, 1.54) is 5.56 Å². The van der Waals surface area contributed by atoms with Gasteiger partial charge in [-0.15, -0.1) is 0 Å². The highest BCUT2D eigenvalue weighted by molar-refractivity contribution is 5.28. The van der Waals surface area contributed by atoms with Crippen molar-refractivity contribution in [1.29, 1.82) is 0 Å². The van der Waals surface area contributed by atoms with Crippen LogP contribution in [0.1, 0.15) is 11.1 Å². The molecule has 1 heterocycles. The van der Waals surface area contributed by atoms with Gasteiger partial charge in [-0.2, -0.15) is 0 Å². The zero-order chi connectivity index (χ0) is 14.0. The van der Waals surface area contributed by atoms with E-state index < -0.39 is 0 Å². The lowest BCUT2D eigenvalue weighted by atomic mass is 10.2. The summed E-state index contributed by atoms with van der Waals surface area (Å²) in [6, 6.07) is 12.0. The van der Waals surface area contributed by atoms with Gasteiger partial charge in [0.2, 0.25) is 0 Å². The van der Waals surface area contributed by atoms with Gasteiger partial charge in [0.1, 0.15) is 12.4 Å². The van der Waals surface area contributed by atoms with Crippen molar-refractivity contribution in [2.45, 2.75) is 13.2 Å². The van der Waals surface area contributed by atoms with Crippen LogP contribution in [-0.4, -0.2) is 25.2 Å². The molecular weight excluding hydrogens is 252 g/mol. The summed E-state index contributed by atoms with van der Waals surface area (Å²) < 4.78 is 10.8. The fourth-order valence-electron chi connectivity index (χ4n) is 1.87. The standard InChI is InChI=1S/C16H20N2O2/c1-19-13-14-4-2-6-16(10-14)20-9-8-18-12-15-5-3-7-17-11-15/h2-7,10-11,18H,8-9,12-13H2,1H3. The van der Waals surface area contributed by atoms with Crippen molar-refractivity contribution in [3.05, 3.63) is 59.9 Å². The highest BCUT2D eigenvalue weighted by atomic mass is 16.5. The van der Waals surface area contributed by atoms with Gasteiger partial charge in [0, 0.05) is 32.6 Å². The predicted molar refractivity (Wildman–Crippen MR) is 78.6 cm³/mol. The molecule has 0 radical (unpaired) electrons. The first kappa shape index (κ1) is 14.5. The van der Waals surface area contributed by atoms with Gasteiger partial charge in [0.05, 0.1) is 6.61 Å². The van der Waals surface area contributed by atoms with Crippen molar-refractivity contribution in [2.75, 3.05) is 20.3 Å². The minimum Gasteiger partial charge on any atom is -0.492 e.